The molecule has 0 bridgehead atoms. The highest BCUT2D eigenvalue weighted by Crippen LogP contribution is 2.36. The number of methoxy groups -OCH3 is 3. The predicted octanol–water partition coefficient (Wildman–Crippen LogP) is 3.10. The second-order valence-electron chi connectivity index (χ2n) is 4.63. The molecule has 0 saturated carbocycles. The van der Waals surface area contributed by atoms with Crippen LogP contribution in [0.25, 0.3) is 11.1 Å². The van der Waals surface area contributed by atoms with E-state index in [1.165, 1.54) is 0 Å². The van der Waals surface area contributed by atoms with Crippen molar-refractivity contribution in [2.75, 3.05) is 28.4 Å². The standard InChI is InChI=1S/C17H21NO3/c1-18-11-13-9-16(20-3)17(21-4)10-15(13)12-6-5-7-14(8-12)19-2/h5-10,18H,11H2,1-4H3. The van der Waals surface area contributed by atoms with E-state index in [9.17, 15) is 0 Å². The second-order valence-corrected chi connectivity index (χ2v) is 4.63. The molecule has 1 N–H and O–H groups in total. The topological polar surface area (TPSA) is 39.7 Å². The van der Waals surface area contributed by atoms with Crippen molar-refractivity contribution < 1.29 is 14.2 Å². The Labute approximate surface area is 125 Å². The summed E-state index contributed by atoms with van der Waals surface area (Å²) in [6.07, 6.45) is 0. The van der Waals surface area contributed by atoms with Gasteiger partial charge in [0.05, 0.1) is 21.3 Å². The molecule has 0 aliphatic carbocycles. The molecule has 0 heterocycles. The molecule has 4 nitrogen and oxygen atoms in total. The Bertz CT molecular complexity index is 611. The molecule has 0 aromatic heterocycles. The minimum absolute atomic E-state index is 0.718. The van der Waals surface area contributed by atoms with E-state index in [0.717, 1.165) is 40.5 Å². The maximum absolute atomic E-state index is 5.41. The van der Waals surface area contributed by atoms with E-state index in [1.807, 2.05) is 37.4 Å². The molecule has 0 atom stereocenters. The van der Waals surface area contributed by atoms with Gasteiger partial charge in [-0.15, -0.1) is 0 Å². The highest BCUT2D eigenvalue weighted by atomic mass is 16.5. The number of benzene rings is 2. The molecular weight excluding hydrogens is 266 g/mol. The minimum Gasteiger partial charge on any atom is -0.497 e. The number of ether oxygens (including phenoxy) is 3. The molecule has 0 fully saturated rings. The van der Waals surface area contributed by atoms with E-state index in [1.54, 1.807) is 21.3 Å². The lowest BCUT2D eigenvalue weighted by molar-refractivity contribution is 0.354. The third kappa shape index (κ3) is 3.28. The maximum atomic E-state index is 5.41. The number of rotatable bonds is 6. The lowest BCUT2D eigenvalue weighted by Crippen LogP contribution is -2.07. The van der Waals surface area contributed by atoms with Crippen LogP contribution in [-0.2, 0) is 6.54 Å². The Morgan fingerprint density at radius 2 is 1.62 bits per heavy atom. The van der Waals surface area contributed by atoms with Gasteiger partial charge in [-0.25, -0.2) is 0 Å². The zero-order valence-corrected chi connectivity index (χ0v) is 12.9. The lowest BCUT2D eigenvalue weighted by atomic mass is 9.98. The highest BCUT2D eigenvalue weighted by Gasteiger charge is 2.12. The van der Waals surface area contributed by atoms with E-state index >= 15 is 0 Å². The van der Waals surface area contributed by atoms with E-state index < -0.39 is 0 Å². The van der Waals surface area contributed by atoms with Gasteiger partial charge in [-0.1, -0.05) is 12.1 Å². The van der Waals surface area contributed by atoms with Gasteiger partial charge in [-0.05, 0) is 48.0 Å². The monoisotopic (exact) mass is 287 g/mol. The first-order valence-electron chi connectivity index (χ1n) is 6.77. The van der Waals surface area contributed by atoms with Crippen LogP contribution in [-0.4, -0.2) is 28.4 Å². The summed E-state index contributed by atoms with van der Waals surface area (Å²) in [5.41, 5.74) is 3.32. The molecule has 0 aliphatic rings. The van der Waals surface area contributed by atoms with Crippen LogP contribution < -0.4 is 19.5 Å². The molecule has 0 amide bonds. The van der Waals surface area contributed by atoms with Gasteiger partial charge >= 0.3 is 0 Å². The summed E-state index contributed by atoms with van der Waals surface area (Å²) in [5.74, 6) is 2.28. The van der Waals surface area contributed by atoms with Crippen LogP contribution in [0.2, 0.25) is 0 Å². The summed E-state index contributed by atoms with van der Waals surface area (Å²) in [4.78, 5) is 0. The van der Waals surface area contributed by atoms with Crippen molar-refractivity contribution in [3.05, 3.63) is 42.0 Å². The van der Waals surface area contributed by atoms with E-state index in [4.69, 9.17) is 14.2 Å². The first kappa shape index (κ1) is 15.2. The Balaban J connectivity index is 2.58. The maximum Gasteiger partial charge on any atom is 0.161 e. The van der Waals surface area contributed by atoms with Gasteiger partial charge in [0.15, 0.2) is 11.5 Å². The first-order valence-corrected chi connectivity index (χ1v) is 6.77. The van der Waals surface area contributed by atoms with Crippen LogP contribution >= 0.6 is 0 Å². The highest BCUT2D eigenvalue weighted by molar-refractivity contribution is 5.72. The van der Waals surface area contributed by atoms with Crippen molar-refractivity contribution in [3.8, 4) is 28.4 Å². The Morgan fingerprint density at radius 3 is 2.24 bits per heavy atom. The molecule has 0 radical (unpaired) electrons. The fraction of sp³-hybridized carbons (Fsp3) is 0.294. The van der Waals surface area contributed by atoms with Gasteiger partial charge in [0.2, 0.25) is 0 Å². The third-order valence-electron chi connectivity index (χ3n) is 3.36. The molecule has 0 aliphatic heterocycles. The molecule has 2 aromatic carbocycles. The van der Waals surface area contributed by atoms with Crippen LogP contribution in [0.4, 0.5) is 0 Å². The lowest BCUT2D eigenvalue weighted by Gasteiger charge is -2.15. The van der Waals surface area contributed by atoms with Crippen molar-refractivity contribution in [1.29, 1.82) is 0 Å². The molecular formula is C17H21NO3. The smallest absolute Gasteiger partial charge is 0.161 e. The van der Waals surface area contributed by atoms with Gasteiger partial charge in [-0.2, -0.15) is 0 Å². The molecule has 4 heteroatoms. The van der Waals surface area contributed by atoms with E-state index in [0.29, 0.717) is 0 Å². The predicted molar refractivity (Wildman–Crippen MR) is 84.3 cm³/mol. The SMILES string of the molecule is CNCc1cc(OC)c(OC)cc1-c1cccc(OC)c1. The van der Waals surface area contributed by atoms with Gasteiger partial charge in [0.25, 0.3) is 0 Å². The summed E-state index contributed by atoms with van der Waals surface area (Å²) in [6.45, 7) is 0.743. The zero-order valence-electron chi connectivity index (χ0n) is 12.9. The summed E-state index contributed by atoms with van der Waals surface area (Å²) < 4.78 is 16.1. The normalized spacial score (nSPS) is 10.3. The third-order valence-corrected chi connectivity index (χ3v) is 3.36. The summed E-state index contributed by atoms with van der Waals surface area (Å²) in [7, 11) is 6.88. The van der Waals surface area contributed by atoms with Gasteiger partial charge < -0.3 is 19.5 Å². The van der Waals surface area contributed by atoms with Gasteiger partial charge in [0.1, 0.15) is 5.75 Å². The second kappa shape index (κ2) is 6.99. The fourth-order valence-electron chi connectivity index (χ4n) is 2.32. The minimum atomic E-state index is 0.718. The molecule has 0 unspecified atom stereocenters. The molecule has 112 valence electrons. The first-order chi connectivity index (χ1) is 10.2. The summed E-state index contributed by atoms with van der Waals surface area (Å²) in [5, 5.41) is 3.18. The molecule has 2 aromatic rings. The van der Waals surface area contributed by atoms with E-state index in [2.05, 4.69) is 11.4 Å². The number of nitrogens with one attached hydrogen (secondary N) is 1. The van der Waals surface area contributed by atoms with Crippen LogP contribution in [0.1, 0.15) is 5.56 Å². The summed E-state index contributed by atoms with van der Waals surface area (Å²) >= 11 is 0. The van der Waals surface area contributed by atoms with Crippen LogP contribution in [0.3, 0.4) is 0 Å². The van der Waals surface area contributed by atoms with Crippen LogP contribution in [0, 0.1) is 0 Å². The Hall–Kier alpha value is -2.20. The van der Waals surface area contributed by atoms with Crippen molar-refractivity contribution in [1.82, 2.24) is 5.32 Å². The quantitative estimate of drug-likeness (QED) is 0.886. The van der Waals surface area contributed by atoms with Crippen LogP contribution in [0.15, 0.2) is 36.4 Å². The average Bonchev–Trinajstić information content (AvgIpc) is 2.54. The molecule has 21 heavy (non-hydrogen) atoms. The number of hydrogen-bond donors (Lipinski definition) is 1. The molecule has 2 rings (SSSR count). The molecule has 0 saturated heterocycles. The average molecular weight is 287 g/mol. The largest absolute Gasteiger partial charge is 0.497 e. The van der Waals surface area contributed by atoms with Crippen molar-refractivity contribution in [3.63, 3.8) is 0 Å². The van der Waals surface area contributed by atoms with Crippen molar-refractivity contribution >= 4 is 0 Å². The van der Waals surface area contributed by atoms with E-state index in [-0.39, 0.29) is 0 Å². The zero-order chi connectivity index (χ0) is 15.2. The fourth-order valence-corrected chi connectivity index (χ4v) is 2.32. The Kier molecular flexibility index (Phi) is 5.06. The van der Waals surface area contributed by atoms with Crippen molar-refractivity contribution in [2.24, 2.45) is 0 Å². The van der Waals surface area contributed by atoms with Gasteiger partial charge in [-0.3, -0.25) is 0 Å². The summed E-state index contributed by atoms with van der Waals surface area (Å²) in [6, 6.07) is 12.0. The van der Waals surface area contributed by atoms with Crippen molar-refractivity contribution in [2.45, 2.75) is 6.54 Å². The Morgan fingerprint density at radius 1 is 0.905 bits per heavy atom. The van der Waals surface area contributed by atoms with Crippen LogP contribution in [0.5, 0.6) is 17.2 Å². The number of hydrogen-bond acceptors (Lipinski definition) is 4. The molecule has 0 spiro atoms. The van der Waals surface area contributed by atoms with Gasteiger partial charge in [0, 0.05) is 6.54 Å².